The molecule has 0 spiro atoms. The Morgan fingerprint density at radius 2 is 2.04 bits per heavy atom. The summed E-state index contributed by atoms with van der Waals surface area (Å²) < 4.78 is 6.11. The topological polar surface area (TPSA) is 63.3 Å². The molecule has 128 valence electrons. The number of aromatic nitrogens is 1. The van der Waals surface area contributed by atoms with E-state index in [9.17, 15) is 4.79 Å². The molecule has 2 aromatic carbocycles. The average molecular weight is 418 g/mol. The van der Waals surface area contributed by atoms with E-state index in [0.717, 1.165) is 20.9 Å². The van der Waals surface area contributed by atoms with Gasteiger partial charge in [-0.2, -0.15) is 0 Å². The van der Waals surface area contributed by atoms with Crippen LogP contribution in [-0.2, 0) is 0 Å². The molecule has 0 aliphatic rings. The molecule has 7 heteroatoms. The third-order valence-corrected chi connectivity index (χ3v) is 5.13. The van der Waals surface area contributed by atoms with Gasteiger partial charge in [0, 0.05) is 22.5 Å². The molecule has 0 bridgehead atoms. The molecule has 3 aromatic rings. The summed E-state index contributed by atoms with van der Waals surface area (Å²) in [5.74, 6) is 0.380. The van der Waals surface area contributed by atoms with E-state index in [1.807, 2.05) is 48.8 Å². The van der Waals surface area contributed by atoms with E-state index in [1.165, 1.54) is 11.3 Å². The highest BCUT2D eigenvalue weighted by atomic mass is 79.9. The van der Waals surface area contributed by atoms with Crippen LogP contribution in [0.15, 0.2) is 52.3 Å². The van der Waals surface area contributed by atoms with Gasteiger partial charge in [0.25, 0.3) is 5.91 Å². The zero-order valence-electron chi connectivity index (χ0n) is 13.7. The van der Waals surface area contributed by atoms with Gasteiger partial charge >= 0.3 is 0 Å². The first-order valence-electron chi connectivity index (χ1n) is 7.50. The lowest BCUT2D eigenvalue weighted by atomic mass is 10.1. The van der Waals surface area contributed by atoms with Gasteiger partial charge in [-0.25, -0.2) is 4.98 Å². The fourth-order valence-electron chi connectivity index (χ4n) is 2.32. The maximum Gasteiger partial charge on any atom is 0.256 e. The van der Waals surface area contributed by atoms with E-state index < -0.39 is 0 Å². The second-order valence-electron chi connectivity index (χ2n) is 5.14. The molecular formula is C18H16BrN3O2S. The Labute approximate surface area is 158 Å². The van der Waals surface area contributed by atoms with Gasteiger partial charge in [-0.1, -0.05) is 12.1 Å². The summed E-state index contributed by atoms with van der Waals surface area (Å²) in [6, 6.07) is 12.9. The molecule has 3 rings (SSSR count). The van der Waals surface area contributed by atoms with E-state index in [1.54, 1.807) is 13.2 Å². The summed E-state index contributed by atoms with van der Waals surface area (Å²) >= 11 is 4.93. The predicted molar refractivity (Wildman–Crippen MR) is 106 cm³/mol. The fourth-order valence-corrected chi connectivity index (χ4v) is 3.47. The van der Waals surface area contributed by atoms with Gasteiger partial charge < -0.3 is 15.4 Å². The van der Waals surface area contributed by atoms with Crippen LogP contribution in [-0.4, -0.2) is 25.0 Å². The maximum absolute atomic E-state index is 12.6. The highest BCUT2D eigenvalue weighted by Gasteiger charge is 2.14. The highest BCUT2D eigenvalue weighted by molar-refractivity contribution is 9.10. The van der Waals surface area contributed by atoms with Crippen molar-refractivity contribution < 1.29 is 9.53 Å². The monoisotopic (exact) mass is 417 g/mol. The summed E-state index contributed by atoms with van der Waals surface area (Å²) in [5, 5.41) is 8.74. The Kier molecular flexibility index (Phi) is 5.35. The number of thiazole rings is 1. The van der Waals surface area contributed by atoms with Crippen LogP contribution in [0.25, 0.3) is 11.3 Å². The van der Waals surface area contributed by atoms with Crippen LogP contribution in [0.5, 0.6) is 5.75 Å². The quantitative estimate of drug-likeness (QED) is 0.620. The standard InChI is InChI=1S/C18H16BrN3O2S/c1-20-18-22-15(10-25-18)11-7-8-16(24-2)14(9-11)21-17(23)12-5-3-4-6-13(12)19/h3-10H,1-2H3,(H,20,22)(H,21,23). The summed E-state index contributed by atoms with van der Waals surface area (Å²) in [5.41, 5.74) is 2.90. The van der Waals surface area contributed by atoms with E-state index in [2.05, 4.69) is 31.5 Å². The Morgan fingerprint density at radius 1 is 1.24 bits per heavy atom. The van der Waals surface area contributed by atoms with Crippen molar-refractivity contribution >= 4 is 44.0 Å². The van der Waals surface area contributed by atoms with E-state index in [4.69, 9.17) is 4.74 Å². The second kappa shape index (κ2) is 7.67. The average Bonchev–Trinajstić information content (AvgIpc) is 3.11. The molecule has 0 saturated heterocycles. The normalized spacial score (nSPS) is 10.4. The number of ether oxygens (including phenoxy) is 1. The molecule has 25 heavy (non-hydrogen) atoms. The van der Waals surface area contributed by atoms with Crippen LogP contribution < -0.4 is 15.4 Å². The Bertz CT molecular complexity index is 911. The van der Waals surface area contributed by atoms with Crippen molar-refractivity contribution in [1.82, 2.24) is 4.98 Å². The number of carbonyl (C=O) groups is 1. The van der Waals surface area contributed by atoms with Crippen LogP contribution in [0.2, 0.25) is 0 Å². The van der Waals surface area contributed by atoms with Gasteiger partial charge in [-0.05, 0) is 46.3 Å². The van der Waals surface area contributed by atoms with Crippen molar-refractivity contribution in [3.63, 3.8) is 0 Å². The number of nitrogens with one attached hydrogen (secondary N) is 2. The first-order chi connectivity index (χ1) is 12.1. The Hall–Kier alpha value is -2.38. The molecule has 0 unspecified atom stereocenters. The van der Waals surface area contributed by atoms with E-state index >= 15 is 0 Å². The number of halogens is 1. The van der Waals surface area contributed by atoms with Crippen LogP contribution in [0, 0.1) is 0 Å². The van der Waals surface area contributed by atoms with Crippen LogP contribution in [0.1, 0.15) is 10.4 Å². The van der Waals surface area contributed by atoms with Crippen molar-refractivity contribution in [2.75, 3.05) is 24.8 Å². The zero-order valence-corrected chi connectivity index (χ0v) is 16.1. The number of hydrogen-bond donors (Lipinski definition) is 2. The molecule has 2 N–H and O–H groups in total. The van der Waals surface area contributed by atoms with Gasteiger partial charge in [0.2, 0.25) is 0 Å². The Morgan fingerprint density at radius 3 is 2.72 bits per heavy atom. The molecule has 5 nitrogen and oxygen atoms in total. The van der Waals surface area contributed by atoms with Crippen molar-refractivity contribution in [3.05, 3.63) is 57.9 Å². The highest BCUT2D eigenvalue weighted by Crippen LogP contribution is 2.32. The number of amides is 1. The lowest BCUT2D eigenvalue weighted by molar-refractivity contribution is 0.102. The van der Waals surface area contributed by atoms with Crippen molar-refractivity contribution in [3.8, 4) is 17.0 Å². The first-order valence-corrected chi connectivity index (χ1v) is 9.17. The first kappa shape index (κ1) is 17.4. The van der Waals surface area contributed by atoms with Crippen LogP contribution in [0.3, 0.4) is 0 Å². The minimum absolute atomic E-state index is 0.211. The number of carbonyl (C=O) groups excluding carboxylic acids is 1. The smallest absolute Gasteiger partial charge is 0.256 e. The third-order valence-electron chi connectivity index (χ3n) is 3.58. The van der Waals surface area contributed by atoms with Crippen LogP contribution in [0.4, 0.5) is 10.8 Å². The molecule has 0 saturated carbocycles. The minimum Gasteiger partial charge on any atom is -0.495 e. The number of hydrogen-bond acceptors (Lipinski definition) is 5. The van der Waals surface area contributed by atoms with E-state index in [-0.39, 0.29) is 5.91 Å². The van der Waals surface area contributed by atoms with Gasteiger partial charge in [0.1, 0.15) is 5.75 Å². The maximum atomic E-state index is 12.6. The summed E-state index contributed by atoms with van der Waals surface area (Å²) in [6.45, 7) is 0. The minimum atomic E-state index is -0.211. The fraction of sp³-hybridized carbons (Fsp3) is 0.111. The molecule has 0 fully saturated rings. The van der Waals surface area contributed by atoms with Gasteiger partial charge in [0.15, 0.2) is 5.13 Å². The van der Waals surface area contributed by atoms with Gasteiger partial charge in [0.05, 0.1) is 24.1 Å². The van der Waals surface area contributed by atoms with E-state index in [0.29, 0.717) is 17.0 Å². The van der Waals surface area contributed by atoms with Crippen molar-refractivity contribution in [2.45, 2.75) is 0 Å². The van der Waals surface area contributed by atoms with Crippen molar-refractivity contribution in [1.29, 1.82) is 0 Å². The summed E-state index contributed by atoms with van der Waals surface area (Å²) in [4.78, 5) is 17.1. The molecule has 0 atom stereocenters. The zero-order chi connectivity index (χ0) is 17.8. The molecule has 0 aliphatic heterocycles. The summed E-state index contributed by atoms with van der Waals surface area (Å²) in [6.07, 6.45) is 0. The number of anilines is 2. The lowest BCUT2D eigenvalue weighted by Crippen LogP contribution is -2.13. The number of rotatable bonds is 5. The third kappa shape index (κ3) is 3.83. The van der Waals surface area contributed by atoms with Crippen LogP contribution >= 0.6 is 27.3 Å². The molecule has 1 heterocycles. The van der Waals surface area contributed by atoms with Crippen molar-refractivity contribution in [2.24, 2.45) is 0 Å². The number of methoxy groups -OCH3 is 1. The molecule has 1 aromatic heterocycles. The molecule has 0 aliphatic carbocycles. The Balaban J connectivity index is 1.93. The second-order valence-corrected chi connectivity index (χ2v) is 6.85. The molecular weight excluding hydrogens is 402 g/mol. The summed E-state index contributed by atoms with van der Waals surface area (Å²) in [7, 11) is 3.41. The van der Waals surface area contributed by atoms with Gasteiger partial charge in [-0.3, -0.25) is 4.79 Å². The predicted octanol–water partition coefficient (Wildman–Crippen LogP) is 4.88. The largest absolute Gasteiger partial charge is 0.495 e. The van der Waals surface area contributed by atoms with Gasteiger partial charge in [-0.15, -0.1) is 11.3 Å². The number of nitrogens with zero attached hydrogens (tertiary/aromatic N) is 1. The SMILES string of the molecule is CNc1nc(-c2ccc(OC)c(NC(=O)c3ccccc3Br)c2)cs1. The lowest BCUT2D eigenvalue weighted by Gasteiger charge is -2.12. The molecule has 1 amide bonds. The molecule has 0 radical (unpaired) electrons. The number of benzene rings is 2.